The molecule has 0 fully saturated rings. The van der Waals surface area contributed by atoms with Crippen LogP contribution in [0, 0.1) is 0 Å². The molecule has 1 N–H and O–H groups in total. The molecule has 0 aliphatic rings. The fraction of sp³-hybridized carbons (Fsp3) is 0.167. The molecule has 7 heteroatoms. The van der Waals surface area contributed by atoms with Gasteiger partial charge >= 0.3 is 6.01 Å². The molecule has 3 aromatic rings. The molecule has 25 heavy (non-hydrogen) atoms. The lowest BCUT2D eigenvalue weighted by molar-refractivity contribution is 0.102. The van der Waals surface area contributed by atoms with Gasteiger partial charge in [-0.1, -0.05) is 47.9 Å². The minimum Gasteiger partial charge on any atom is -0.407 e. The van der Waals surface area contributed by atoms with Gasteiger partial charge in [-0.2, -0.15) is 0 Å². The molecule has 0 aliphatic heterocycles. The summed E-state index contributed by atoms with van der Waals surface area (Å²) < 4.78 is 5.49. The molecule has 2 aromatic carbocycles. The van der Waals surface area contributed by atoms with Gasteiger partial charge in [0, 0.05) is 4.90 Å². The van der Waals surface area contributed by atoms with Crippen LogP contribution in [-0.4, -0.2) is 21.9 Å². The van der Waals surface area contributed by atoms with Crippen molar-refractivity contribution in [3.8, 4) is 0 Å². The lowest BCUT2D eigenvalue weighted by Gasteiger charge is -2.02. The Balaban J connectivity index is 1.64. The van der Waals surface area contributed by atoms with Crippen LogP contribution in [0.15, 0.2) is 57.8 Å². The van der Waals surface area contributed by atoms with Crippen LogP contribution in [0.3, 0.4) is 0 Å². The second-order valence-electron chi connectivity index (χ2n) is 5.19. The Labute approximate surface area is 154 Å². The normalized spacial score (nSPS) is 10.6. The van der Waals surface area contributed by atoms with Gasteiger partial charge in [-0.3, -0.25) is 10.1 Å². The number of carbonyl (C=O) groups is 1. The van der Waals surface area contributed by atoms with Crippen molar-refractivity contribution in [3.05, 3.63) is 70.6 Å². The lowest BCUT2D eigenvalue weighted by atomic mass is 10.1. The molecule has 0 aliphatic carbocycles. The first kappa shape index (κ1) is 17.5. The van der Waals surface area contributed by atoms with Crippen molar-refractivity contribution in [1.82, 2.24) is 10.2 Å². The Morgan fingerprint density at radius 1 is 1.16 bits per heavy atom. The van der Waals surface area contributed by atoms with E-state index in [1.165, 1.54) is 4.90 Å². The summed E-state index contributed by atoms with van der Waals surface area (Å²) >= 11 is 7.79. The van der Waals surface area contributed by atoms with Crippen LogP contribution >= 0.6 is 23.4 Å². The van der Waals surface area contributed by atoms with Gasteiger partial charge < -0.3 is 4.42 Å². The highest BCUT2D eigenvalue weighted by Crippen LogP contribution is 2.20. The smallest absolute Gasteiger partial charge is 0.322 e. The van der Waals surface area contributed by atoms with Crippen molar-refractivity contribution >= 4 is 35.3 Å². The number of nitrogens with one attached hydrogen (secondary N) is 1. The van der Waals surface area contributed by atoms with Gasteiger partial charge in [0.25, 0.3) is 5.91 Å². The van der Waals surface area contributed by atoms with Crippen LogP contribution < -0.4 is 5.32 Å². The van der Waals surface area contributed by atoms with Crippen molar-refractivity contribution in [3.63, 3.8) is 0 Å². The van der Waals surface area contributed by atoms with E-state index in [-0.39, 0.29) is 11.9 Å². The van der Waals surface area contributed by atoms with E-state index in [9.17, 15) is 4.79 Å². The summed E-state index contributed by atoms with van der Waals surface area (Å²) in [6.07, 6.45) is 0.506. The Hall–Kier alpha value is -2.31. The van der Waals surface area contributed by atoms with Gasteiger partial charge in [0.2, 0.25) is 5.89 Å². The highest BCUT2D eigenvalue weighted by molar-refractivity contribution is 7.99. The van der Waals surface area contributed by atoms with Crippen LogP contribution in [0.1, 0.15) is 28.7 Å². The first-order chi connectivity index (χ1) is 12.2. The third kappa shape index (κ3) is 4.61. The van der Waals surface area contributed by atoms with Crippen LogP contribution in [-0.2, 0) is 6.42 Å². The number of benzene rings is 2. The molecule has 1 heterocycles. The average molecular weight is 374 g/mol. The van der Waals surface area contributed by atoms with E-state index >= 15 is 0 Å². The fourth-order valence-electron chi connectivity index (χ4n) is 2.23. The fourth-order valence-corrected chi connectivity index (χ4v) is 3.11. The number of halogens is 1. The highest BCUT2D eigenvalue weighted by atomic mass is 35.5. The largest absolute Gasteiger partial charge is 0.407 e. The third-order valence-corrected chi connectivity index (χ3v) is 4.62. The molecule has 0 saturated carbocycles. The van der Waals surface area contributed by atoms with Gasteiger partial charge in [0.05, 0.1) is 17.0 Å². The van der Waals surface area contributed by atoms with E-state index in [4.69, 9.17) is 16.0 Å². The van der Waals surface area contributed by atoms with Gasteiger partial charge in [-0.25, -0.2) is 0 Å². The first-order valence-electron chi connectivity index (χ1n) is 7.75. The quantitative estimate of drug-likeness (QED) is 0.635. The number of thioether (sulfide) groups is 1. The Bertz CT molecular complexity index is 865. The molecule has 1 aromatic heterocycles. The van der Waals surface area contributed by atoms with Crippen molar-refractivity contribution in [1.29, 1.82) is 0 Å². The minimum absolute atomic E-state index is 0.0538. The van der Waals surface area contributed by atoms with E-state index < -0.39 is 0 Å². The Morgan fingerprint density at radius 2 is 1.92 bits per heavy atom. The molecule has 0 spiro atoms. The number of anilines is 1. The maximum absolute atomic E-state index is 12.2. The molecular weight excluding hydrogens is 358 g/mol. The summed E-state index contributed by atoms with van der Waals surface area (Å²) in [5, 5.41) is 10.8. The number of nitrogens with zero attached hydrogens (tertiary/aromatic N) is 2. The molecular formula is C18H16ClN3O2S. The second kappa shape index (κ2) is 8.18. The summed E-state index contributed by atoms with van der Waals surface area (Å²) in [5.41, 5.74) is 1.42. The molecule has 3 rings (SSSR count). The van der Waals surface area contributed by atoms with Crippen LogP contribution in [0.5, 0.6) is 0 Å². The number of rotatable bonds is 6. The molecule has 1 amide bonds. The molecule has 0 unspecified atom stereocenters. The van der Waals surface area contributed by atoms with E-state index in [0.29, 0.717) is 22.9 Å². The molecule has 128 valence electrons. The summed E-state index contributed by atoms with van der Waals surface area (Å²) in [6, 6.07) is 15.0. The number of hydrogen-bond acceptors (Lipinski definition) is 5. The van der Waals surface area contributed by atoms with Gasteiger partial charge in [-0.05, 0) is 35.6 Å². The zero-order chi connectivity index (χ0) is 17.6. The number of hydrogen-bond donors (Lipinski definition) is 1. The number of carbonyl (C=O) groups excluding carboxylic acids is 1. The van der Waals surface area contributed by atoms with Crippen molar-refractivity contribution in [2.45, 2.75) is 18.2 Å². The van der Waals surface area contributed by atoms with Gasteiger partial charge in [0.1, 0.15) is 0 Å². The SMILES string of the molecule is CCSc1ccc(Cc2nnc(NC(=O)c3ccccc3Cl)o2)cc1. The lowest BCUT2D eigenvalue weighted by Crippen LogP contribution is -2.12. The van der Waals surface area contributed by atoms with E-state index in [0.717, 1.165) is 11.3 Å². The maximum atomic E-state index is 12.2. The molecule has 0 atom stereocenters. The van der Waals surface area contributed by atoms with Crippen molar-refractivity contribution in [2.75, 3.05) is 11.1 Å². The second-order valence-corrected chi connectivity index (χ2v) is 6.93. The van der Waals surface area contributed by atoms with Crippen LogP contribution in [0.25, 0.3) is 0 Å². The standard InChI is InChI=1S/C18H16ClN3O2S/c1-2-25-13-9-7-12(8-10-13)11-16-21-22-18(24-16)20-17(23)14-5-3-4-6-15(14)19/h3-10H,2,11H2,1H3,(H,20,22,23). The molecule has 0 saturated heterocycles. The zero-order valence-corrected chi connectivity index (χ0v) is 15.1. The van der Waals surface area contributed by atoms with Crippen molar-refractivity contribution < 1.29 is 9.21 Å². The van der Waals surface area contributed by atoms with E-state index in [1.54, 1.807) is 36.0 Å². The molecule has 0 bridgehead atoms. The zero-order valence-electron chi connectivity index (χ0n) is 13.5. The van der Waals surface area contributed by atoms with Crippen LogP contribution in [0.2, 0.25) is 5.02 Å². The van der Waals surface area contributed by atoms with Gasteiger partial charge in [-0.15, -0.1) is 16.9 Å². The Morgan fingerprint density at radius 3 is 2.64 bits per heavy atom. The predicted octanol–water partition coefficient (Wildman–Crippen LogP) is 4.68. The average Bonchev–Trinajstić information content (AvgIpc) is 3.04. The van der Waals surface area contributed by atoms with Gasteiger partial charge in [0.15, 0.2) is 0 Å². The summed E-state index contributed by atoms with van der Waals surface area (Å²) in [4.78, 5) is 13.4. The molecule has 0 radical (unpaired) electrons. The monoisotopic (exact) mass is 373 g/mol. The highest BCUT2D eigenvalue weighted by Gasteiger charge is 2.14. The predicted molar refractivity (Wildman–Crippen MR) is 99.3 cm³/mol. The summed E-state index contributed by atoms with van der Waals surface area (Å²) in [6.45, 7) is 2.12. The minimum atomic E-state index is -0.387. The van der Waals surface area contributed by atoms with Crippen molar-refractivity contribution in [2.24, 2.45) is 0 Å². The first-order valence-corrected chi connectivity index (χ1v) is 9.12. The number of amides is 1. The van der Waals surface area contributed by atoms with E-state index in [1.807, 2.05) is 12.1 Å². The summed E-state index contributed by atoms with van der Waals surface area (Å²) in [7, 11) is 0. The maximum Gasteiger partial charge on any atom is 0.322 e. The van der Waals surface area contributed by atoms with E-state index in [2.05, 4.69) is 34.6 Å². The van der Waals surface area contributed by atoms with Crippen LogP contribution in [0.4, 0.5) is 6.01 Å². The molecule has 5 nitrogen and oxygen atoms in total. The summed E-state index contributed by atoms with van der Waals surface area (Å²) in [5.74, 6) is 1.09. The number of aromatic nitrogens is 2. The third-order valence-electron chi connectivity index (χ3n) is 3.40. The Kier molecular flexibility index (Phi) is 5.73. The topological polar surface area (TPSA) is 68.0 Å².